The van der Waals surface area contributed by atoms with Crippen molar-refractivity contribution in [2.24, 2.45) is 0 Å². The molecule has 5 nitrogen and oxygen atoms in total. The molecule has 1 atom stereocenters. The lowest BCUT2D eigenvalue weighted by atomic mass is 10.1. The summed E-state index contributed by atoms with van der Waals surface area (Å²) < 4.78 is 40.8. The molecule has 2 saturated heterocycles. The van der Waals surface area contributed by atoms with Gasteiger partial charge in [0.15, 0.2) is 0 Å². The Labute approximate surface area is 157 Å². The van der Waals surface area contributed by atoms with Crippen LogP contribution in [0.2, 0.25) is 0 Å². The molecule has 0 bridgehead atoms. The highest BCUT2D eigenvalue weighted by Gasteiger charge is 2.25. The summed E-state index contributed by atoms with van der Waals surface area (Å²) in [6, 6.07) is 6.16. The SMILES string of the molecule is FC(F)O[C@H]1CCN(CCc2c[nH]c3ccc(OC4CCOCC4)cc23)C1. The predicted molar refractivity (Wildman–Crippen MR) is 98.4 cm³/mol. The summed E-state index contributed by atoms with van der Waals surface area (Å²) in [4.78, 5) is 5.50. The molecule has 27 heavy (non-hydrogen) atoms. The molecule has 2 aliphatic heterocycles. The lowest BCUT2D eigenvalue weighted by molar-refractivity contribution is -0.158. The number of rotatable bonds is 7. The third kappa shape index (κ3) is 4.78. The number of aromatic amines is 1. The van der Waals surface area contributed by atoms with Gasteiger partial charge in [-0.05, 0) is 36.6 Å². The molecule has 0 unspecified atom stereocenters. The molecule has 7 heteroatoms. The van der Waals surface area contributed by atoms with E-state index in [2.05, 4.69) is 26.8 Å². The molecule has 148 valence electrons. The maximum absolute atomic E-state index is 12.3. The van der Waals surface area contributed by atoms with Crippen LogP contribution in [-0.2, 0) is 15.9 Å². The summed E-state index contributed by atoms with van der Waals surface area (Å²) in [7, 11) is 0. The summed E-state index contributed by atoms with van der Waals surface area (Å²) in [5.74, 6) is 0.891. The molecule has 0 saturated carbocycles. The van der Waals surface area contributed by atoms with Gasteiger partial charge < -0.3 is 24.1 Å². The van der Waals surface area contributed by atoms with Gasteiger partial charge in [-0.1, -0.05) is 0 Å². The third-order valence-corrected chi connectivity index (χ3v) is 5.43. The maximum Gasteiger partial charge on any atom is 0.345 e. The average molecular weight is 380 g/mol. The van der Waals surface area contributed by atoms with Crippen LogP contribution in [-0.4, -0.2) is 61.6 Å². The standard InChI is InChI=1S/C20H26F2N2O3/c21-20(22)27-17-4-8-24(13-17)7-3-14-12-23-19-2-1-16(11-18(14)19)26-15-5-9-25-10-6-15/h1-2,11-12,15,17,20,23H,3-10,13H2/t17-/m0/s1. The zero-order valence-corrected chi connectivity index (χ0v) is 15.3. The van der Waals surface area contributed by atoms with Crippen LogP contribution < -0.4 is 4.74 Å². The first-order valence-corrected chi connectivity index (χ1v) is 9.68. The Hall–Kier alpha value is -1.70. The van der Waals surface area contributed by atoms with Crippen molar-refractivity contribution in [3.8, 4) is 5.75 Å². The summed E-state index contributed by atoms with van der Waals surface area (Å²) >= 11 is 0. The Morgan fingerprint density at radius 3 is 2.85 bits per heavy atom. The second kappa shape index (κ2) is 8.54. The highest BCUT2D eigenvalue weighted by Crippen LogP contribution is 2.27. The molecule has 0 spiro atoms. The van der Waals surface area contributed by atoms with Crippen molar-refractivity contribution in [2.45, 2.75) is 44.5 Å². The summed E-state index contributed by atoms with van der Waals surface area (Å²) in [6.45, 7) is 1.05. The quantitative estimate of drug-likeness (QED) is 0.798. The van der Waals surface area contributed by atoms with Crippen LogP contribution in [0.4, 0.5) is 8.78 Å². The first-order chi connectivity index (χ1) is 13.2. The molecular formula is C20H26F2N2O3. The Balaban J connectivity index is 1.36. The van der Waals surface area contributed by atoms with Crippen molar-refractivity contribution >= 4 is 10.9 Å². The van der Waals surface area contributed by atoms with E-state index in [1.807, 2.05) is 12.3 Å². The van der Waals surface area contributed by atoms with Crippen molar-refractivity contribution in [2.75, 3.05) is 32.8 Å². The highest BCUT2D eigenvalue weighted by atomic mass is 19.3. The fourth-order valence-electron chi connectivity index (χ4n) is 3.96. The number of ether oxygens (including phenoxy) is 3. The molecule has 0 amide bonds. The van der Waals surface area contributed by atoms with Gasteiger partial charge >= 0.3 is 6.61 Å². The molecule has 1 N–H and O–H groups in total. The van der Waals surface area contributed by atoms with E-state index in [1.165, 1.54) is 10.9 Å². The Kier molecular flexibility index (Phi) is 5.90. The second-order valence-corrected chi connectivity index (χ2v) is 7.31. The van der Waals surface area contributed by atoms with E-state index in [0.717, 1.165) is 56.8 Å². The van der Waals surface area contributed by atoms with E-state index >= 15 is 0 Å². The van der Waals surface area contributed by atoms with Gasteiger partial charge in [0.05, 0.1) is 19.3 Å². The van der Waals surface area contributed by atoms with Crippen molar-refractivity contribution in [3.63, 3.8) is 0 Å². The number of halogens is 2. The average Bonchev–Trinajstić information content (AvgIpc) is 3.27. The van der Waals surface area contributed by atoms with Gasteiger partial charge in [0, 0.05) is 49.6 Å². The number of hydrogen-bond acceptors (Lipinski definition) is 4. The number of likely N-dealkylation sites (tertiary alicyclic amines) is 1. The maximum atomic E-state index is 12.3. The first-order valence-electron chi connectivity index (χ1n) is 9.68. The monoisotopic (exact) mass is 380 g/mol. The minimum atomic E-state index is -2.68. The Morgan fingerprint density at radius 1 is 1.19 bits per heavy atom. The van der Waals surface area contributed by atoms with Crippen molar-refractivity contribution in [1.29, 1.82) is 0 Å². The van der Waals surface area contributed by atoms with Crippen LogP contribution in [0.3, 0.4) is 0 Å². The number of hydrogen-bond donors (Lipinski definition) is 1. The fraction of sp³-hybridized carbons (Fsp3) is 0.600. The van der Waals surface area contributed by atoms with Crippen LogP contribution in [0.25, 0.3) is 10.9 Å². The predicted octanol–water partition coefficient (Wildman–Crippen LogP) is 3.58. The van der Waals surface area contributed by atoms with E-state index in [1.54, 1.807) is 0 Å². The number of nitrogens with one attached hydrogen (secondary N) is 1. The Bertz CT molecular complexity index is 746. The van der Waals surface area contributed by atoms with E-state index in [-0.39, 0.29) is 12.2 Å². The molecule has 2 aliphatic rings. The Morgan fingerprint density at radius 2 is 2.04 bits per heavy atom. The lowest BCUT2D eigenvalue weighted by Crippen LogP contribution is -2.26. The summed E-state index contributed by atoms with van der Waals surface area (Å²) in [5.41, 5.74) is 2.31. The van der Waals surface area contributed by atoms with Crippen molar-refractivity contribution < 1.29 is 23.0 Å². The zero-order valence-electron chi connectivity index (χ0n) is 15.3. The van der Waals surface area contributed by atoms with E-state index < -0.39 is 6.61 Å². The molecule has 2 fully saturated rings. The lowest BCUT2D eigenvalue weighted by Gasteiger charge is -2.23. The van der Waals surface area contributed by atoms with E-state index in [0.29, 0.717) is 13.0 Å². The molecule has 0 radical (unpaired) electrons. The van der Waals surface area contributed by atoms with Crippen molar-refractivity contribution in [1.82, 2.24) is 9.88 Å². The molecule has 1 aromatic carbocycles. The van der Waals surface area contributed by atoms with E-state index in [9.17, 15) is 8.78 Å². The van der Waals surface area contributed by atoms with Crippen LogP contribution >= 0.6 is 0 Å². The van der Waals surface area contributed by atoms with Crippen LogP contribution in [0.5, 0.6) is 5.75 Å². The van der Waals surface area contributed by atoms with Gasteiger partial charge in [-0.2, -0.15) is 8.78 Å². The number of aromatic nitrogens is 1. The van der Waals surface area contributed by atoms with E-state index in [4.69, 9.17) is 9.47 Å². The molecule has 4 rings (SSSR count). The molecule has 2 aromatic rings. The minimum Gasteiger partial charge on any atom is -0.490 e. The largest absolute Gasteiger partial charge is 0.490 e. The number of H-pyrrole nitrogens is 1. The second-order valence-electron chi connectivity index (χ2n) is 7.31. The first kappa shape index (κ1) is 18.7. The van der Waals surface area contributed by atoms with Crippen molar-refractivity contribution in [3.05, 3.63) is 30.0 Å². The number of fused-ring (bicyclic) bond motifs is 1. The third-order valence-electron chi connectivity index (χ3n) is 5.43. The number of nitrogens with zero attached hydrogens (tertiary/aromatic N) is 1. The van der Waals surface area contributed by atoms with Gasteiger partial charge in [0.25, 0.3) is 0 Å². The van der Waals surface area contributed by atoms with Gasteiger partial charge in [0.2, 0.25) is 0 Å². The van der Waals surface area contributed by atoms with Gasteiger partial charge in [-0.3, -0.25) is 0 Å². The van der Waals surface area contributed by atoms with Crippen LogP contribution in [0.15, 0.2) is 24.4 Å². The van der Waals surface area contributed by atoms with Crippen LogP contribution in [0, 0.1) is 0 Å². The highest BCUT2D eigenvalue weighted by molar-refractivity contribution is 5.84. The molecule has 0 aliphatic carbocycles. The zero-order chi connectivity index (χ0) is 18.6. The fourth-order valence-corrected chi connectivity index (χ4v) is 3.96. The van der Waals surface area contributed by atoms with Gasteiger partial charge in [-0.25, -0.2) is 0 Å². The van der Waals surface area contributed by atoms with Gasteiger partial charge in [-0.15, -0.1) is 0 Å². The smallest absolute Gasteiger partial charge is 0.345 e. The normalized spacial score (nSPS) is 22.1. The molecule has 3 heterocycles. The van der Waals surface area contributed by atoms with Gasteiger partial charge in [0.1, 0.15) is 11.9 Å². The number of alkyl halides is 2. The topological polar surface area (TPSA) is 46.7 Å². The van der Waals surface area contributed by atoms with Crippen LogP contribution in [0.1, 0.15) is 24.8 Å². The number of benzene rings is 1. The minimum absolute atomic E-state index is 0.218. The summed E-state index contributed by atoms with van der Waals surface area (Å²) in [6.07, 6.45) is 5.28. The summed E-state index contributed by atoms with van der Waals surface area (Å²) in [5, 5.41) is 1.17. The molecular weight excluding hydrogens is 354 g/mol. The molecule has 1 aromatic heterocycles.